The molecule has 1 heterocycles. The lowest BCUT2D eigenvalue weighted by molar-refractivity contribution is 0.102. The van der Waals surface area contributed by atoms with E-state index in [0.717, 1.165) is 0 Å². The van der Waals surface area contributed by atoms with Gasteiger partial charge in [-0.3, -0.25) is 15.6 Å². The highest BCUT2D eigenvalue weighted by Gasteiger charge is 2.12. The molecule has 0 fully saturated rings. The third-order valence-corrected chi connectivity index (χ3v) is 2.81. The molecule has 0 bridgehead atoms. The van der Waals surface area contributed by atoms with Crippen LogP contribution in [0.3, 0.4) is 0 Å². The maximum atomic E-state index is 12.2. The Morgan fingerprint density at radius 3 is 2.67 bits per heavy atom. The van der Waals surface area contributed by atoms with Gasteiger partial charge in [0.25, 0.3) is 5.91 Å². The number of hydrogen-bond acceptors (Lipinski definition) is 6. The number of amides is 1. The quantitative estimate of drug-likeness (QED) is 0.571. The van der Waals surface area contributed by atoms with E-state index in [0.29, 0.717) is 22.9 Å². The molecule has 21 heavy (non-hydrogen) atoms. The summed E-state index contributed by atoms with van der Waals surface area (Å²) in [6.07, 6.45) is 1.49. The van der Waals surface area contributed by atoms with E-state index < -0.39 is 0 Å². The van der Waals surface area contributed by atoms with Crippen LogP contribution in [0.5, 0.6) is 11.5 Å². The number of carbonyl (C=O) groups is 1. The number of benzene rings is 1. The molecule has 0 unspecified atom stereocenters. The third kappa shape index (κ3) is 3.40. The molecule has 4 N–H and O–H groups in total. The van der Waals surface area contributed by atoms with Crippen LogP contribution >= 0.6 is 0 Å². The molecule has 1 aromatic carbocycles. The lowest BCUT2D eigenvalue weighted by Gasteiger charge is -2.11. The van der Waals surface area contributed by atoms with Gasteiger partial charge in [0, 0.05) is 12.3 Å². The van der Waals surface area contributed by atoms with Crippen LogP contribution in [0.1, 0.15) is 10.5 Å². The fraction of sp³-hybridized carbons (Fsp3) is 0.143. The van der Waals surface area contributed by atoms with Crippen molar-refractivity contribution in [3.63, 3.8) is 0 Å². The van der Waals surface area contributed by atoms with E-state index in [2.05, 4.69) is 15.7 Å². The summed E-state index contributed by atoms with van der Waals surface area (Å²) < 4.78 is 10.3. The van der Waals surface area contributed by atoms with Crippen LogP contribution in [-0.4, -0.2) is 25.1 Å². The van der Waals surface area contributed by atoms with Gasteiger partial charge in [-0.15, -0.1) is 0 Å². The Morgan fingerprint density at radius 1 is 1.19 bits per heavy atom. The molecule has 0 aliphatic rings. The Kier molecular flexibility index (Phi) is 4.57. The summed E-state index contributed by atoms with van der Waals surface area (Å²) in [5.74, 6) is 6.07. The van der Waals surface area contributed by atoms with Crippen LogP contribution in [0.4, 0.5) is 11.4 Å². The highest BCUT2D eigenvalue weighted by Crippen LogP contribution is 2.29. The molecular weight excluding hydrogens is 272 g/mol. The number of methoxy groups -OCH3 is 2. The van der Waals surface area contributed by atoms with Gasteiger partial charge in [-0.05, 0) is 24.3 Å². The number of hydrazine groups is 1. The lowest BCUT2D eigenvalue weighted by Crippen LogP contribution is -2.15. The Hall–Kier alpha value is -2.80. The van der Waals surface area contributed by atoms with Gasteiger partial charge in [-0.1, -0.05) is 0 Å². The summed E-state index contributed by atoms with van der Waals surface area (Å²) in [5.41, 5.74) is 3.78. The van der Waals surface area contributed by atoms with Gasteiger partial charge in [0.15, 0.2) is 0 Å². The Bertz CT molecular complexity index is 646. The Balaban J connectivity index is 2.25. The summed E-state index contributed by atoms with van der Waals surface area (Å²) in [6, 6.07) is 8.32. The van der Waals surface area contributed by atoms with Gasteiger partial charge < -0.3 is 20.2 Å². The van der Waals surface area contributed by atoms with Gasteiger partial charge in [0.2, 0.25) is 0 Å². The van der Waals surface area contributed by atoms with Crippen LogP contribution in [0.25, 0.3) is 0 Å². The number of ether oxygens (including phenoxy) is 2. The SMILES string of the molecule is COc1ccc(OC)c(NC(=O)c2cc(NN)ccn2)c1. The second-order valence-electron chi connectivity index (χ2n) is 4.09. The first kappa shape index (κ1) is 14.6. The summed E-state index contributed by atoms with van der Waals surface area (Å²) in [7, 11) is 3.07. The average molecular weight is 288 g/mol. The molecule has 0 spiro atoms. The summed E-state index contributed by atoms with van der Waals surface area (Å²) >= 11 is 0. The zero-order valence-corrected chi connectivity index (χ0v) is 11.7. The van der Waals surface area contributed by atoms with Crippen LogP contribution in [-0.2, 0) is 0 Å². The van der Waals surface area contributed by atoms with E-state index in [1.54, 1.807) is 37.4 Å². The maximum Gasteiger partial charge on any atom is 0.274 e. The predicted molar refractivity (Wildman–Crippen MR) is 79.5 cm³/mol. The third-order valence-electron chi connectivity index (χ3n) is 2.81. The summed E-state index contributed by atoms with van der Waals surface area (Å²) in [5, 5.41) is 2.73. The molecule has 0 aliphatic carbocycles. The van der Waals surface area contributed by atoms with Crippen molar-refractivity contribution in [2.45, 2.75) is 0 Å². The molecule has 0 saturated carbocycles. The number of pyridine rings is 1. The van der Waals surface area contributed by atoms with Gasteiger partial charge in [-0.2, -0.15) is 0 Å². The van der Waals surface area contributed by atoms with Crippen molar-refractivity contribution < 1.29 is 14.3 Å². The fourth-order valence-electron chi connectivity index (χ4n) is 1.74. The van der Waals surface area contributed by atoms with Crippen molar-refractivity contribution in [2.75, 3.05) is 25.0 Å². The van der Waals surface area contributed by atoms with Crippen molar-refractivity contribution in [1.29, 1.82) is 0 Å². The van der Waals surface area contributed by atoms with Gasteiger partial charge >= 0.3 is 0 Å². The van der Waals surface area contributed by atoms with Gasteiger partial charge in [0.1, 0.15) is 17.2 Å². The molecule has 110 valence electrons. The highest BCUT2D eigenvalue weighted by molar-refractivity contribution is 6.04. The molecule has 7 nitrogen and oxygen atoms in total. The van der Waals surface area contributed by atoms with Gasteiger partial charge in [-0.25, -0.2) is 0 Å². The number of carbonyl (C=O) groups excluding carboxylic acids is 1. The zero-order chi connectivity index (χ0) is 15.2. The Labute approximate surface area is 122 Å². The number of rotatable bonds is 5. The van der Waals surface area contributed by atoms with Gasteiger partial charge in [0.05, 0.1) is 25.6 Å². The van der Waals surface area contributed by atoms with Crippen molar-refractivity contribution in [3.8, 4) is 11.5 Å². The van der Waals surface area contributed by atoms with E-state index in [4.69, 9.17) is 15.3 Å². The zero-order valence-electron chi connectivity index (χ0n) is 11.7. The van der Waals surface area contributed by atoms with E-state index in [1.807, 2.05) is 0 Å². The summed E-state index contributed by atoms with van der Waals surface area (Å²) in [6.45, 7) is 0. The first-order valence-electron chi connectivity index (χ1n) is 6.14. The number of nitrogens with one attached hydrogen (secondary N) is 2. The van der Waals surface area contributed by atoms with E-state index >= 15 is 0 Å². The fourth-order valence-corrected chi connectivity index (χ4v) is 1.74. The average Bonchev–Trinajstić information content (AvgIpc) is 2.54. The molecule has 1 amide bonds. The molecule has 0 radical (unpaired) electrons. The van der Waals surface area contributed by atoms with Crippen molar-refractivity contribution >= 4 is 17.3 Å². The summed E-state index contributed by atoms with van der Waals surface area (Å²) in [4.78, 5) is 16.2. The predicted octanol–water partition coefficient (Wildman–Crippen LogP) is 1.64. The first-order valence-corrected chi connectivity index (χ1v) is 6.14. The second-order valence-corrected chi connectivity index (χ2v) is 4.09. The van der Waals surface area contributed by atoms with Crippen molar-refractivity contribution in [3.05, 3.63) is 42.2 Å². The minimum Gasteiger partial charge on any atom is -0.497 e. The van der Waals surface area contributed by atoms with E-state index in [-0.39, 0.29) is 11.6 Å². The number of hydrogen-bond donors (Lipinski definition) is 3. The largest absolute Gasteiger partial charge is 0.497 e. The molecular formula is C14H16N4O3. The smallest absolute Gasteiger partial charge is 0.274 e. The van der Waals surface area contributed by atoms with Crippen LogP contribution in [0.2, 0.25) is 0 Å². The highest BCUT2D eigenvalue weighted by atomic mass is 16.5. The number of nitrogens with zero attached hydrogens (tertiary/aromatic N) is 1. The van der Waals surface area contributed by atoms with E-state index in [1.165, 1.54) is 13.3 Å². The van der Waals surface area contributed by atoms with Crippen LogP contribution in [0, 0.1) is 0 Å². The lowest BCUT2D eigenvalue weighted by atomic mass is 10.2. The molecule has 2 aromatic rings. The first-order chi connectivity index (χ1) is 10.2. The molecule has 0 aliphatic heterocycles. The van der Waals surface area contributed by atoms with Crippen molar-refractivity contribution in [2.24, 2.45) is 5.84 Å². The molecule has 0 saturated heterocycles. The number of nitrogen functional groups attached to an aromatic ring is 1. The normalized spacial score (nSPS) is 9.86. The van der Waals surface area contributed by atoms with E-state index in [9.17, 15) is 4.79 Å². The minimum absolute atomic E-state index is 0.232. The molecule has 0 atom stereocenters. The monoisotopic (exact) mass is 288 g/mol. The van der Waals surface area contributed by atoms with Crippen molar-refractivity contribution in [1.82, 2.24) is 4.98 Å². The maximum absolute atomic E-state index is 12.2. The molecule has 1 aromatic heterocycles. The standard InChI is InChI=1S/C14H16N4O3/c1-20-10-3-4-13(21-2)11(8-10)17-14(19)12-7-9(18-15)5-6-16-12/h3-8H,15H2,1-2H3,(H,16,18)(H,17,19). The minimum atomic E-state index is -0.376. The number of nitrogens with two attached hydrogens (primary N) is 1. The molecule has 7 heteroatoms. The number of aromatic nitrogens is 1. The topological polar surface area (TPSA) is 98.5 Å². The molecule has 2 rings (SSSR count). The Morgan fingerprint density at radius 2 is 2.00 bits per heavy atom. The van der Waals surface area contributed by atoms with Crippen LogP contribution in [0.15, 0.2) is 36.5 Å². The second kappa shape index (κ2) is 6.58. The van der Waals surface area contributed by atoms with Crippen LogP contribution < -0.4 is 26.1 Å². The number of anilines is 2.